The monoisotopic (exact) mass is 341 g/mol. The van der Waals surface area contributed by atoms with E-state index in [1.54, 1.807) is 6.92 Å². The Balaban J connectivity index is 2.33. The molecule has 0 spiro atoms. The van der Waals surface area contributed by atoms with Crippen LogP contribution >= 0.6 is 11.3 Å². The Kier molecular flexibility index (Phi) is 4.49. The lowest BCUT2D eigenvalue weighted by molar-refractivity contribution is -0.120. The fraction of sp³-hybridized carbons (Fsp3) is 0.278. The van der Waals surface area contributed by atoms with E-state index in [0.29, 0.717) is 22.5 Å². The minimum Gasteiger partial charge on any atom is -0.368 e. The molecule has 3 rings (SSSR count). The third-order valence-electron chi connectivity index (χ3n) is 4.07. The number of amides is 1. The molecule has 2 N–H and O–H groups in total. The van der Waals surface area contributed by atoms with Crippen LogP contribution in [0.2, 0.25) is 0 Å². The first-order chi connectivity index (χ1) is 11.5. The molecular weight excluding hydrogens is 322 g/mol. The fourth-order valence-electron chi connectivity index (χ4n) is 2.80. The Morgan fingerprint density at radius 2 is 2.04 bits per heavy atom. The highest BCUT2D eigenvalue weighted by molar-refractivity contribution is 7.17. The van der Waals surface area contributed by atoms with E-state index in [4.69, 9.17) is 5.73 Å². The molecule has 0 aliphatic carbocycles. The van der Waals surface area contributed by atoms with Crippen LogP contribution in [0.5, 0.6) is 0 Å². The molecule has 124 valence electrons. The minimum absolute atomic E-state index is 0.199. The molecule has 24 heavy (non-hydrogen) atoms. The second-order valence-electron chi connectivity index (χ2n) is 5.73. The van der Waals surface area contributed by atoms with Crippen LogP contribution in [0.4, 0.5) is 0 Å². The Labute approximate surface area is 143 Å². The molecule has 0 saturated heterocycles. The molecule has 0 saturated carbocycles. The zero-order valence-electron chi connectivity index (χ0n) is 13.7. The van der Waals surface area contributed by atoms with Gasteiger partial charge in [-0.2, -0.15) is 0 Å². The molecule has 5 nitrogen and oxygen atoms in total. The molecule has 2 aromatic heterocycles. The molecule has 1 aromatic carbocycles. The number of primary amides is 1. The van der Waals surface area contributed by atoms with Crippen LogP contribution in [0.15, 0.2) is 40.5 Å². The first kappa shape index (κ1) is 16.4. The molecule has 1 amide bonds. The minimum atomic E-state index is -0.723. The summed E-state index contributed by atoms with van der Waals surface area (Å²) in [5.41, 5.74) is 7.06. The quantitative estimate of drug-likeness (QED) is 0.774. The van der Waals surface area contributed by atoms with E-state index in [-0.39, 0.29) is 5.56 Å². The molecule has 0 aliphatic heterocycles. The number of rotatable bonds is 5. The lowest BCUT2D eigenvalue weighted by atomic mass is 10.1. The van der Waals surface area contributed by atoms with Crippen molar-refractivity contribution >= 4 is 27.5 Å². The molecule has 0 bridgehead atoms. The van der Waals surface area contributed by atoms with Gasteiger partial charge in [0.25, 0.3) is 5.56 Å². The Morgan fingerprint density at radius 3 is 2.67 bits per heavy atom. The number of aryl methyl sites for hydroxylation is 1. The van der Waals surface area contributed by atoms with E-state index in [2.05, 4.69) is 4.98 Å². The molecular formula is C18H19N3O2S. The van der Waals surface area contributed by atoms with E-state index in [1.807, 2.05) is 42.6 Å². The van der Waals surface area contributed by atoms with Gasteiger partial charge in [0.1, 0.15) is 16.7 Å². The van der Waals surface area contributed by atoms with Gasteiger partial charge in [-0.05, 0) is 18.9 Å². The van der Waals surface area contributed by atoms with Gasteiger partial charge in [0.2, 0.25) is 5.91 Å². The van der Waals surface area contributed by atoms with E-state index < -0.39 is 11.9 Å². The number of carbonyl (C=O) groups excluding carboxylic acids is 1. The number of benzene rings is 1. The number of carbonyl (C=O) groups is 1. The zero-order valence-corrected chi connectivity index (χ0v) is 14.5. The summed E-state index contributed by atoms with van der Waals surface area (Å²) in [6, 6.07) is 9.00. The van der Waals surface area contributed by atoms with Gasteiger partial charge in [0, 0.05) is 17.4 Å². The van der Waals surface area contributed by atoms with Crippen molar-refractivity contribution in [2.24, 2.45) is 5.73 Å². The molecule has 6 heteroatoms. The van der Waals surface area contributed by atoms with Crippen LogP contribution in [0.1, 0.15) is 32.1 Å². The van der Waals surface area contributed by atoms with Crippen molar-refractivity contribution in [3.8, 4) is 11.1 Å². The summed E-state index contributed by atoms with van der Waals surface area (Å²) in [6.07, 6.45) is 1.46. The number of aromatic nitrogens is 2. The summed E-state index contributed by atoms with van der Waals surface area (Å²) in [5, 5.41) is 2.50. The second-order valence-corrected chi connectivity index (χ2v) is 6.59. The average molecular weight is 341 g/mol. The van der Waals surface area contributed by atoms with Gasteiger partial charge in [-0.1, -0.05) is 37.3 Å². The lowest BCUT2D eigenvalue weighted by Gasteiger charge is -2.16. The Hall–Kier alpha value is -2.47. The third kappa shape index (κ3) is 2.73. The van der Waals surface area contributed by atoms with E-state index >= 15 is 0 Å². The summed E-state index contributed by atoms with van der Waals surface area (Å²) in [6.45, 7) is 3.66. The molecule has 2 heterocycles. The van der Waals surface area contributed by atoms with Crippen LogP contribution in [0.25, 0.3) is 21.3 Å². The normalized spacial score (nSPS) is 12.4. The van der Waals surface area contributed by atoms with Gasteiger partial charge in [0.15, 0.2) is 0 Å². The van der Waals surface area contributed by atoms with Gasteiger partial charge < -0.3 is 5.73 Å². The first-order valence-electron chi connectivity index (χ1n) is 7.92. The lowest BCUT2D eigenvalue weighted by Crippen LogP contribution is -2.35. The zero-order chi connectivity index (χ0) is 17.3. The van der Waals surface area contributed by atoms with Gasteiger partial charge in [0.05, 0.1) is 5.39 Å². The largest absolute Gasteiger partial charge is 0.368 e. The van der Waals surface area contributed by atoms with Crippen molar-refractivity contribution in [2.75, 3.05) is 0 Å². The predicted molar refractivity (Wildman–Crippen MR) is 97.2 cm³/mol. The maximum atomic E-state index is 13.1. The van der Waals surface area contributed by atoms with E-state index in [9.17, 15) is 9.59 Å². The summed E-state index contributed by atoms with van der Waals surface area (Å²) in [5.74, 6) is 0.0786. The van der Waals surface area contributed by atoms with Crippen LogP contribution in [-0.4, -0.2) is 15.5 Å². The highest BCUT2D eigenvalue weighted by Gasteiger charge is 2.22. The van der Waals surface area contributed by atoms with Crippen molar-refractivity contribution in [1.82, 2.24) is 9.55 Å². The number of thiophene rings is 1. The standard InChI is InChI=1S/C18H19N3O2S/c1-3-7-14-20-17-15(18(23)21(14)11(2)16(19)22)13(10-24-17)12-8-5-4-6-9-12/h4-6,8-11H,3,7H2,1-2H3,(H2,19,22). The predicted octanol–water partition coefficient (Wildman–Crippen LogP) is 3.12. The molecule has 0 radical (unpaired) electrons. The number of hydrogen-bond acceptors (Lipinski definition) is 4. The number of nitrogens with zero attached hydrogens (tertiary/aromatic N) is 2. The third-order valence-corrected chi connectivity index (χ3v) is 4.94. The molecule has 0 aliphatic rings. The second kappa shape index (κ2) is 6.57. The van der Waals surface area contributed by atoms with Crippen molar-refractivity contribution in [3.05, 3.63) is 51.9 Å². The van der Waals surface area contributed by atoms with Crippen molar-refractivity contribution in [3.63, 3.8) is 0 Å². The van der Waals surface area contributed by atoms with Crippen LogP contribution in [-0.2, 0) is 11.2 Å². The summed E-state index contributed by atoms with van der Waals surface area (Å²) >= 11 is 1.45. The molecule has 0 fully saturated rings. The summed E-state index contributed by atoms with van der Waals surface area (Å²) in [7, 11) is 0. The van der Waals surface area contributed by atoms with Crippen molar-refractivity contribution < 1.29 is 4.79 Å². The van der Waals surface area contributed by atoms with Crippen molar-refractivity contribution in [1.29, 1.82) is 0 Å². The Morgan fingerprint density at radius 1 is 1.33 bits per heavy atom. The highest BCUT2D eigenvalue weighted by atomic mass is 32.1. The van der Waals surface area contributed by atoms with Gasteiger partial charge in [-0.15, -0.1) is 11.3 Å². The van der Waals surface area contributed by atoms with Crippen LogP contribution < -0.4 is 11.3 Å². The highest BCUT2D eigenvalue weighted by Crippen LogP contribution is 2.31. The maximum Gasteiger partial charge on any atom is 0.263 e. The number of hydrogen-bond donors (Lipinski definition) is 1. The van der Waals surface area contributed by atoms with Crippen molar-refractivity contribution in [2.45, 2.75) is 32.7 Å². The van der Waals surface area contributed by atoms with Crippen LogP contribution in [0, 0.1) is 0 Å². The van der Waals surface area contributed by atoms with E-state index in [1.165, 1.54) is 15.9 Å². The van der Waals surface area contributed by atoms with Gasteiger partial charge in [-0.25, -0.2) is 4.98 Å². The van der Waals surface area contributed by atoms with Gasteiger partial charge in [-0.3, -0.25) is 14.2 Å². The number of nitrogens with two attached hydrogens (primary N) is 1. The summed E-state index contributed by atoms with van der Waals surface area (Å²) < 4.78 is 1.45. The fourth-order valence-corrected chi connectivity index (χ4v) is 3.76. The van der Waals surface area contributed by atoms with Crippen LogP contribution in [0.3, 0.4) is 0 Å². The van der Waals surface area contributed by atoms with Gasteiger partial charge >= 0.3 is 0 Å². The molecule has 1 unspecified atom stereocenters. The maximum absolute atomic E-state index is 13.1. The molecule has 1 atom stereocenters. The summed E-state index contributed by atoms with van der Waals surface area (Å²) in [4.78, 5) is 30.2. The SMILES string of the molecule is CCCc1nc2scc(-c3ccccc3)c2c(=O)n1C(C)C(N)=O. The smallest absolute Gasteiger partial charge is 0.263 e. The number of fused-ring (bicyclic) bond motifs is 1. The first-order valence-corrected chi connectivity index (χ1v) is 8.80. The van der Waals surface area contributed by atoms with E-state index in [0.717, 1.165) is 17.5 Å². The average Bonchev–Trinajstić information content (AvgIpc) is 3.00. The topological polar surface area (TPSA) is 78.0 Å². The Bertz CT molecular complexity index is 944. The molecule has 3 aromatic rings.